The Morgan fingerprint density at radius 2 is 2.33 bits per heavy atom. The lowest BCUT2D eigenvalue weighted by Crippen LogP contribution is -2.17. The zero-order valence-electron chi connectivity index (χ0n) is 9.59. The zero-order chi connectivity index (χ0) is 12.5. The van der Waals surface area contributed by atoms with Crippen LogP contribution >= 0.6 is 11.6 Å². The largest absolute Gasteiger partial charge is 0.472 e. The fraction of sp³-hybridized carbons (Fsp3) is 0.182. The zero-order valence-corrected chi connectivity index (χ0v) is 10.3. The Hall–Kier alpha value is -2.08. The van der Waals surface area contributed by atoms with E-state index < -0.39 is 0 Å². The van der Waals surface area contributed by atoms with Gasteiger partial charge in [-0.3, -0.25) is 5.10 Å². The predicted molar refractivity (Wildman–Crippen MR) is 67.5 cm³/mol. The molecule has 0 aromatic carbocycles. The molecule has 0 amide bonds. The first-order valence-electron chi connectivity index (χ1n) is 5.33. The Kier molecular flexibility index (Phi) is 2.64. The van der Waals surface area contributed by atoms with E-state index in [0.717, 1.165) is 16.8 Å². The van der Waals surface area contributed by atoms with Gasteiger partial charge in [-0.2, -0.15) is 15.1 Å². The first-order chi connectivity index (χ1) is 8.74. The fourth-order valence-corrected chi connectivity index (χ4v) is 1.98. The average Bonchev–Trinajstić information content (AvgIpc) is 2.97. The summed E-state index contributed by atoms with van der Waals surface area (Å²) < 4.78 is 5.04. The molecule has 18 heavy (non-hydrogen) atoms. The summed E-state index contributed by atoms with van der Waals surface area (Å²) in [7, 11) is 1.93. The van der Waals surface area contributed by atoms with Gasteiger partial charge in [0.2, 0.25) is 5.28 Å². The van der Waals surface area contributed by atoms with E-state index >= 15 is 0 Å². The minimum Gasteiger partial charge on any atom is -0.472 e. The number of aromatic amines is 1. The third-order valence-electron chi connectivity index (χ3n) is 2.62. The van der Waals surface area contributed by atoms with Gasteiger partial charge in [0.25, 0.3) is 0 Å². The Morgan fingerprint density at radius 3 is 3.11 bits per heavy atom. The second kappa shape index (κ2) is 4.30. The molecule has 0 saturated carbocycles. The monoisotopic (exact) mass is 263 g/mol. The Balaban J connectivity index is 2.00. The molecular formula is C11H10ClN5O. The molecule has 1 N–H and O–H groups in total. The highest BCUT2D eigenvalue weighted by molar-refractivity contribution is 6.28. The molecule has 0 saturated heterocycles. The number of hydrogen-bond acceptors (Lipinski definition) is 5. The van der Waals surface area contributed by atoms with Gasteiger partial charge in [-0.1, -0.05) is 0 Å². The van der Waals surface area contributed by atoms with Crippen LogP contribution in [-0.2, 0) is 6.54 Å². The van der Waals surface area contributed by atoms with E-state index in [4.69, 9.17) is 16.0 Å². The van der Waals surface area contributed by atoms with Crippen LogP contribution in [0.1, 0.15) is 5.56 Å². The number of rotatable bonds is 3. The van der Waals surface area contributed by atoms with Crippen molar-refractivity contribution in [3.05, 3.63) is 35.6 Å². The van der Waals surface area contributed by atoms with Gasteiger partial charge < -0.3 is 9.32 Å². The van der Waals surface area contributed by atoms with Gasteiger partial charge in [0.05, 0.1) is 24.1 Å². The predicted octanol–water partition coefficient (Wildman–Crippen LogP) is 2.24. The minimum absolute atomic E-state index is 0.195. The molecule has 6 nitrogen and oxygen atoms in total. The number of nitrogens with one attached hydrogen (secondary N) is 1. The van der Waals surface area contributed by atoms with Crippen molar-refractivity contribution in [3.8, 4) is 0 Å². The van der Waals surface area contributed by atoms with Gasteiger partial charge >= 0.3 is 0 Å². The summed E-state index contributed by atoms with van der Waals surface area (Å²) >= 11 is 5.89. The van der Waals surface area contributed by atoms with Crippen LogP contribution in [0.5, 0.6) is 0 Å². The van der Waals surface area contributed by atoms with Crippen LogP contribution < -0.4 is 4.90 Å². The summed E-state index contributed by atoms with van der Waals surface area (Å²) in [5.41, 5.74) is 1.69. The van der Waals surface area contributed by atoms with Gasteiger partial charge in [-0.15, -0.1) is 0 Å². The summed E-state index contributed by atoms with van der Waals surface area (Å²) in [5, 5.41) is 7.77. The molecule has 0 aliphatic carbocycles. The summed E-state index contributed by atoms with van der Waals surface area (Å²) in [4.78, 5) is 10.3. The number of anilines is 1. The van der Waals surface area contributed by atoms with Crippen molar-refractivity contribution in [1.82, 2.24) is 20.2 Å². The van der Waals surface area contributed by atoms with Crippen LogP contribution in [0.2, 0.25) is 5.28 Å². The Morgan fingerprint density at radius 1 is 1.44 bits per heavy atom. The van der Waals surface area contributed by atoms with Crippen molar-refractivity contribution in [2.24, 2.45) is 0 Å². The molecule has 0 fully saturated rings. The van der Waals surface area contributed by atoms with Crippen LogP contribution in [0.4, 0.5) is 5.82 Å². The Bertz CT molecular complexity index is 663. The lowest BCUT2D eigenvalue weighted by Gasteiger charge is -2.17. The number of halogens is 1. The van der Waals surface area contributed by atoms with Crippen LogP contribution in [0.25, 0.3) is 11.0 Å². The number of H-pyrrole nitrogens is 1. The molecular weight excluding hydrogens is 254 g/mol. The number of aromatic nitrogens is 4. The van der Waals surface area contributed by atoms with Gasteiger partial charge in [0.15, 0.2) is 5.65 Å². The first kappa shape index (κ1) is 11.0. The maximum Gasteiger partial charge on any atom is 0.226 e. The van der Waals surface area contributed by atoms with E-state index in [1.807, 2.05) is 18.0 Å². The second-order valence-electron chi connectivity index (χ2n) is 3.94. The lowest BCUT2D eigenvalue weighted by atomic mass is 10.3. The number of hydrogen-bond donors (Lipinski definition) is 1. The molecule has 0 aliphatic rings. The fourth-order valence-electron chi connectivity index (χ4n) is 1.82. The summed E-state index contributed by atoms with van der Waals surface area (Å²) in [6.07, 6.45) is 5.03. The molecule has 0 atom stereocenters. The third-order valence-corrected chi connectivity index (χ3v) is 2.79. The van der Waals surface area contributed by atoms with Crippen molar-refractivity contribution in [1.29, 1.82) is 0 Å². The number of furan rings is 1. The molecule has 0 bridgehead atoms. The van der Waals surface area contributed by atoms with Crippen LogP contribution in [-0.4, -0.2) is 27.2 Å². The molecule has 7 heteroatoms. The summed E-state index contributed by atoms with van der Waals surface area (Å²) in [6, 6.07) is 1.91. The quantitative estimate of drug-likeness (QED) is 0.734. The van der Waals surface area contributed by atoms with Crippen molar-refractivity contribution in [3.63, 3.8) is 0 Å². The van der Waals surface area contributed by atoms with Crippen molar-refractivity contribution < 1.29 is 4.42 Å². The highest BCUT2D eigenvalue weighted by Gasteiger charge is 2.13. The SMILES string of the molecule is CN(Cc1ccoc1)c1nc(Cl)nc2[nH]ncc12. The molecule has 0 spiro atoms. The highest BCUT2D eigenvalue weighted by atomic mass is 35.5. The van der Waals surface area contributed by atoms with Crippen molar-refractivity contribution in [2.45, 2.75) is 6.54 Å². The van der Waals surface area contributed by atoms with Gasteiger partial charge in [-0.05, 0) is 17.7 Å². The van der Waals surface area contributed by atoms with E-state index in [1.54, 1.807) is 18.7 Å². The molecule has 3 aromatic heterocycles. The maximum absolute atomic E-state index is 5.89. The topological polar surface area (TPSA) is 70.8 Å². The summed E-state index contributed by atoms with van der Waals surface area (Å²) in [6.45, 7) is 0.671. The van der Waals surface area contributed by atoms with Crippen LogP contribution in [0.15, 0.2) is 29.2 Å². The van der Waals surface area contributed by atoms with E-state index in [-0.39, 0.29) is 5.28 Å². The molecule has 0 unspecified atom stereocenters. The second-order valence-corrected chi connectivity index (χ2v) is 4.27. The van der Waals surface area contributed by atoms with Crippen molar-refractivity contribution >= 4 is 28.5 Å². The van der Waals surface area contributed by atoms with Gasteiger partial charge in [-0.25, -0.2) is 0 Å². The molecule has 0 radical (unpaired) electrons. The molecule has 0 aliphatic heterocycles. The highest BCUT2D eigenvalue weighted by Crippen LogP contribution is 2.24. The standard InChI is InChI=1S/C11H10ClN5O/c1-17(5-7-2-3-18-6-7)10-8-4-13-16-9(8)14-11(12)15-10/h2-4,6H,5H2,1H3,(H,13,14,15,16). The summed E-state index contributed by atoms with van der Waals surface area (Å²) in [5.74, 6) is 0.736. The van der Waals surface area contributed by atoms with Crippen molar-refractivity contribution in [2.75, 3.05) is 11.9 Å². The molecule has 3 heterocycles. The molecule has 92 valence electrons. The smallest absolute Gasteiger partial charge is 0.226 e. The Labute approximate surface area is 108 Å². The number of nitrogens with zero attached hydrogens (tertiary/aromatic N) is 4. The minimum atomic E-state index is 0.195. The maximum atomic E-state index is 5.89. The average molecular weight is 264 g/mol. The van der Waals surface area contributed by atoms with E-state index in [2.05, 4.69) is 20.2 Å². The molecule has 3 rings (SSSR count). The van der Waals surface area contributed by atoms with Crippen LogP contribution in [0.3, 0.4) is 0 Å². The normalized spacial score (nSPS) is 11.0. The van der Waals surface area contributed by atoms with Crippen LogP contribution in [0, 0.1) is 0 Å². The lowest BCUT2D eigenvalue weighted by molar-refractivity contribution is 0.563. The third kappa shape index (κ3) is 1.91. The van der Waals surface area contributed by atoms with E-state index in [0.29, 0.717) is 12.2 Å². The number of fused-ring (bicyclic) bond motifs is 1. The van der Waals surface area contributed by atoms with E-state index in [9.17, 15) is 0 Å². The first-order valence-corrected chi connectivity index (χ1v) is 5.70. The van der Waals surface area contributed by atoms with E-state index in [1.165, 1.54) is 0 Å². The molecule has 3 aromatic rings. The van der Waals surface area contributed by atoms with Gasteiger partial charge in [0.1, 0.15) is 5.82 Å². The van der Waals surface area contributed by atoms with Gasteiger partial charge in [0, 0.05) is 19.2 Å².